The number of aliphatic hydroxyl groups is 1. The van der Waals surface area contributed by atoms with Crippen molar-refractivity contribution in [2.24, 2.45) is 5.92 Å². The molecule has 0 spiro atoms. The maximum atomic E-state index is 11.2. The number of ether oxygens (including phenoxy) is 3. The summed E-state index contributed by atoms with van der Waals surface area (Å²) in [6, 6.07) is 16.2. The predicted molar refractivity (Wildman–Crippen MR) is 134 cm³/mol. The number of carbonyl (C=O) groups is 1. The summed E-state index contributed by atoms with van der Waals surface area (Å²) in [5, 5.41) is 10.6. The second kappa shape index (κ2) is 13.5. The summed E-state index contributed by atoms with van der Waals surface area (Å²) in [6.45, 7) is 1.06. The van der Waals surface area contributed by atoms with Crippen molar-refractivity contribution in [1.29, 1.82) is 0 Å². The summed E-state index contributed by atoms with van der Waals surface area (Å²) in [4.78, 5) is 11.2. The van der Waals surface area contributed by atoms with Crippen LogP contribution in [0.5, 0.6) is 5.75 Å². The molecule has 0 aromatic heterocycles. The lowest BCUT2D eigenvalue weighted by Gasteiger charge is -2.23. The van der Waals surface area contributed by atoms with Crippen molar-refractivity contribution in [3.8, 4) is 5.75 Å². The van der Waals surface area contributed by atoms with E-state index in [9.17, 15) is 9.90 Å². The zero-order chi connectivity index (χ0) is 24.3. The molecule has 0 amide bonds. The lowest BCUT2D eigenvalue weighted by molar-refractivity contribution is -0.140. The van der Waals surface area contributed by atoms with Crippen LogP contribution in [0.15, 0.2) is 60.7 Å². The Morgan fingerprint density at radius 1 is 1.03 bits per heavy atom. The Balaban J connectivity index is 1.50. The van der Waals surface area contributed by atoms with Crippen LogP contribution in [0.1, 0.15) is 54.7 Å². The number of hydrogen-bond acceptors (Lipinski definition) is 5. The summed E-state index contributed by atoms with van der Waals surface area (Å²) in [5.41, 5.74) is 3.30. The zero-order valence-corrected chi connectivity index (χ0v) is 20.7. The Morgan fingerprint density at radius 2 is 1.68 bits per heavy atom. The first kappa shape index (κ1) is 26.3. The van der Waals surface area contributed by atoms with Crippen molar-refractivity contribution in [2.75, 3.05) is 14.2 Å². The second-order valence-corrected chi connectivity index (χ2v) is 9.33. The topological polar surface area (TPSA) is 65.0 Å². The lowest BCUT2D eigenvalue weighted by Crippen LogP contribution is -2.18. The number of methoxy groups -OCH3 is 2. The Labute approximate surface area is 207 Å². The molecule has 1 saturated carbocycles. The summed E-state index contributed by atoms with van der Waals surface area (Å²) >= 11 is 6.61. The standard InChI is InChI=1S/C28H35ClO5/c1-32-23-15-11-21(12-16-23)19-34-18-20-9-13-22(14-10-20)28-24(25(29)17-26(28)30)7-5-3-4-6-8-27(31)33-2/h3,5,9-16,24-26,28,30H,4,6-8,17-19H2,1-2H3/t24-,25+,26+,28+/m0/s1. The third-order valence-electron chi connectivity index (χ3n) is 6.42. The van der Waals surface area contributed by atoms with Crippen LogP contribution in [0.25, 0.3) is 0 Å². The molecule has 0 radical (unpaired) electrons. The highest BCUT2D eigenvalue weighted by Gasteiger charge is 2.41. The van der Waals surface area contributed by atoms with E-state index in [2.05, 4.69) is 41.2 Å². The number of alkyl halides is 1. The minimum absolute atomic E-state index is 0.0106. The number of unbranched alkanes of at least 4 members (excludes halogenated alkanes) is 1. The molecule has 0 heterocycles. The average Bonchev–Trinajstić information content (AvgIpc) is 3.14. The normalized spacial score (nSPS) is 22.2. The molecule has 1 fully saturated rings. The van der Waals surface area contributed by atoms with Gasteiger partial charge >= 0.3 is 5.97 Å². The second-order valence-electron chi connectivity index (χ2n) is 8.77. The van der Waals surface area contributed by atoms with E-state index >= 15 is 0 Å². The molecule has 1 N–H and O–H groups in total. The maximum absolute atomic E-state index is 11.2. The first-order valence-corrected chi connectivity index (χ1v) is 12.3. The SMILES string of the molecule is COC(=O)CCCC=CC[C@@H]1[C@@H](c2ccc(COCc3ccc(OC)cc3)cc2)[C@H](O)C[C@H]1Cl. The van der Waals surface area contributed by atoms with Crippen LogP contribution < -0.4 is 4.74 Å². The molecule has 1 aliphatic rings. The fraction of sp³-hybridized carbons (Fsp3) is 0.464. The van der Waals surface area contributed by atoms with Crippen molar-refractivity contribution < 1.29 is 24.1 Å². The molecule has 0 bridgehead atoms. The van der Waals surface area contributed by atoms with Gasteiger partial charge in [-0.05, 0) is 60.4 Å². The van der Waals surface area contributed by atoms with Crippen molar-refractivity contribution >= 4 is 17.6 Å². The molecule has 0 unspecified atom stereocenters. The van der Waals surface area contributed by atoms with Gasteiger partial charge in [0.25, 0.3) is 0 Å². The Hall–Kier alpha value is -2.34. The molecule has 4 atom stereocenters. The number of allylic oxidation sites excluding steroid dienone is 2. The van der Waals surface area contributed by atoms with Gasteiger partial charge in [0.1, 0.15) is 5.75 Å². The van der Waals surface area contributed by atoms with Crippen LogP contribution >= 0.6 is 11.6 Å². The van der Waals surface area contributed by atoms with E-state index in [0.717, 1.165) is 41.7 Å². The molecule has 0 aliphatic heterocycles. The van der Waals surface area contributed by atoms with Crippen LogP contribution in [0.4, 0.5) is 0 Å². The Morgan fingerprint density at radius 3 is 2.29 bits per heavy atom. The maximum Gasteiger partial charge on any atom is 0.305 e. The zero-order valence-electron chi connectivity index (χ0n) is 20.0. The fourth-order valence-electron chi connectivity index (χ4n) is 4.51. The average molecular weight is 487 g/mol. The van der Waals surface area contributed by atoms with Gasteiger partial charge in [0.2, 0.25) is 0 Å². The van der Waals surface area contributed by atoms with Crippen LogP contribution in [-0.4, -0.2) is 36.8 Å². The third kappa shape index (κ3) is 7.59. The van der Waals surface area contributed by atoms with Gasteiger partial charge < -0.3 is 19.3 Å². The van der Waals surface area contributed by atoms with Gasteiger partial charge in [-0.3, -0.25) is 4.79 Å². The summed E-state index contributed by atoms with van der Waals surface area (Å²) in [6.07, 6.45) is 7.21. The molecule has 3 rings (SSSR count). The number of halogens is 1. The van der Waals surface area contributed by atoms with E-state index in [1.165, 1.54) is 7.11 Å². The van der Waals surface area contributed by atoms with E-state index in [1.54, 1.807) is 7.11 Å². The number of hydrogen-bond donors (Lipinski definition) is 1. The highest BCUT2D eigenvalue weighted by atomic mass is 35.5. The van der Waals surface area contributed by atoms with Gasteiger partial charge in [0, 0.05) is 17.7 Å². The van der Waals surface area contributed by atoms with Crippen LogP contribution in [-0.2, 0) is 27.5 Å². The number of rotatable bonds is 12. The number of aliphatic hydroxyl groups excluding tert-OH is 1. The monoisotopic (exact) mass is 486 g/mol. The number of benzene rings is 2. The largest absolute Gasteiger partial charge is 0.497 e. The minimum Gasteiger partial charge on any atom is -0.497 e. The van der Waals surface area contributed by atoms with E-state index < -0.39 is 6.10 Å². The summed E-state index contributed by atoms with van der Waals surface area (Å²) in [5.74, 6) is 0.838. The molecular formula is C28H35ClO5. The molecule has 0 saturated heterocycles. The van der Waals surface area contributed by atoms with E-state index in [4.69, 9.17) is 21.1 Å². The van der Waals surface area contributed by atoms with E-state index in [1.807, 2.05) is 24.3 Å². The van der Waals surface area contributed by atoms with Crippen LogP contribution in [0.2, 0.25) is 0 Å². The fourth-order valence-corrected chi connectivity index (χ4v) is 4.95. The first-order chi connectivity index (χ1) is 16.5. The highest BCUT2D eigenvalue weighted by Crippen LogP contribution is 2.44. The molecule has 2 aromatic carbocycles. The van der Waals surface area contributed by atoms with Gasteiger partial charge in [0.15, 0.2) is 0 Å². The van der Waals surface area contributed by atoms with Crippen LogP contribution in [0.3, 0.4) is 0 Å². The number of esters is 1. The molecule has 6 heteroatoms. The molecule has 184 valence electrons. The highest BCUT2D eigenvalue weighted by molar-refractivity contribution is 6.21. The molecule has 2 aromatic rings. The summed E-state index contributed by atoms with van der Waals surface area (Å²) < 4.78 is 15.7. The van der Waals surface area contributed by atoms with E-state index in [0.29, 0.717) is 26.1 Å². The van der Waals surface area contributed by atoms with Gasteiger partial charge in [-0.2, -0.15) is 0 Å². The van der Waals surface area contributed by atoms with Crippen molar-refractivity contribution in [1.82, 2.24) is 0 Å². The van der Waals surface area contributed by atoms with Crippen molar-refractivity contribution in [2.45, 2.75) is 62.7 Å². The van der Waals surface area contributed by atoms with Gasteiger partial charge in [-0.25, -0.2) is 0 Å². The molecular weight excluding hydrogens is 452 g/mol. The molecule has 1 aliphatic carbocycles. The number of carbonyl (C=O) groups excluding carboxylic acids is 1. The van der Waals surface area contributed by atoms with Gasteiger partial charge in [0.05, 0.1) is 33.5 Å². The Bertz CT molecular complexity index is 909. The summed E-state index contributed by atoms with van der Waals surface area (Å²) in [7, 11) is 3.06. The minimum atomic E-state index is -0.447. The first-order valence-electron chi connectivity index (χ1n) is 11.8. The molecule has 5 nitrogen and oxygen atoms in total. The van der Waals surface area contributed by atoms with Gasteiger partial charge in [-0.15, -0.1) is 11.6 Å². The van der Waals surface area contributed by atoms with Crippen LogP contribution in [0, 0.1) is 5.92 Å². The van der Waals surface area contributed by atoms with E-state index in [-0.39, 0.29) is 23.2 Å². The molecule has 34 heavy (non-hydrogen) atoms. The quantitative estimate of drug-likeness (QED) is 0.178. The lowest BCUT2D eigenvalue weighted by atomic mass is 9.85. The predicted octanol–water partition coefficient (Wildman–Crippen LogP) is 5.77. The Kier molecular flexibility index (Phi) is 10.4. The van der Waals surface area contributed by atoms with Crippen molar-refractivity contribution in [3.63, 3.8) is 0 Å². The van der Waals surface area contributed by atoms with Gasteiger partial charge in [-0.1, -0.05) is 48.6 Å². The smallest absolute Gasteiger partial charge is 0.305 e. The third-order valence-corrected chi connectivity index (χ3v) is 6.92. The van der Waals surface area contributed by atoms with Crippen molar-refractivity contribution in [3.05, 3.63) is 77.4 Å².